The Morgan fingerprint density at radius 1 is 0.893 bits per heavy atom. The fraction of sp³-hybridized carbons (Fsp3) is 0.286. The lowest BCUT2D eigenvalue weighted by Crippen LogP contribution is -2.22. The Morgan fingerprint density at radius 3 is 2.32 bits per heavy atom. The van der Waals surface area contributed by atoms with E-state index in [1.165, 1.54) is 0 Å². The number of hydrogen-bond acceptors (Lipinski definition) is 5. The number of amides is 2. The van der Waals surface area contributed by atoms with Gasteiger partial charge in [0, 0.05) is 12.1 Å². The van der Waals surface area contributed by atoms with Crippen molar-refractivity contribution in [3.8, 4) is 5.75 Å². The number of hydrogen-bond donors (Lipinski definition) is 2. The number of nitrogens with one attached hydrogen (secondary N) is 2. The van der Waals surface area contributed by atoms with E-state index in [9.17, 15) is 14.4 Å². The zero-order valence-electron chi connectivity index (χ0n) is 16.0. The van der Waals surface area contributed by atoms with Crippen LogP contribution in [0.1, 0.15) is 25.3 Å². The Kier molecular flexibility index (Phi) is 8.02. The molecule has 0 bridgehead atoms. The first kappa shape index (κ1) is 21.0. The Balaban J connectivity index is 1.71. The van der Waals surface area contributed by atoms with E-state index in [1.54, 1.807) is 36.4 Å². The van der Waals surface area contributed by atoms with Crippen molar-refractivity contribution >= 4 is 29.2 Å². The van der Waals surface area contributed by atoms with Gasteiger partial charge in [-0.05, 0) is 38.1 Å². The molecule has 2 aromatic rings. The van der Waals surface area contributed by atoms with E-state index in [0.717, 1.165) is 5.56 Å². The lowest BCUT2D eigenvalue weighted by molar-refractivity contribution is -0.147. The van der Waals surface area contributed by atoms with Crippen LogP contribution in [0.3, 0.4) is 0 Å². The van der Waals surface area contributed by atoms with Crippen molar-refractivity contribution in [3.63, 3.8) is 0 Å². The lowest BCUT2D eigenvalue weighted by atomic mass is 10.2. The molecule has 2 aromatic carbocycles. The summed E-state index contributed by atoms with van der Waals surface area (Å²) in [4.78, 5) is 35.6. The van der Waals surface area contributed by atoms with Crippen LogP contribution in [0.25, 0.3) is 0 Å². The van der Waals surface area contributed by atoms with Crippen LogP contribution in [0.4, 0.5) is 11.4 Å². The normalized spacial score (nSPS) is 10.1. The second-order valence-corrected chi connectivity index (χ2v) is 6.05. The molecular formula is C21H24N2O5. The highest BCUT2D eigenvalue weighted by Crippen LogP contribution is 2.23. The molecule has 0 atom stereocenters. The van der Waals surface area contributed by atoms with Crippen LogP contribution in [0.2, 0.25) is 0 Å². The van der Waals surface area contributed by atoms with E-state index in [1.807, 2.05) is 26.0 Å². The molecule has 28 heavy (non-hydrogen) atoms. The van der Waals surface area contributed by atoms with Gasteiger partial charge in [0.2, 0.25) is 5.91 Å². The first-order valence-electron chi connectivity index (χ1n) is 9.01. The van der Waals surface area contributed by atoms with Crippen molar-refractivity contribution in [1.82, 2.24) is 0 Å². The summed E-state index contributed by atoms with van der Waals surface area (Å²) < 4.78 is 10.3. The molecule has 0 fully saturated rings. The highest BCUT2D eigenvalue weighted by atomic mass is 16.5. The maximum absolute atomic E-state index is 12.0. The molecule has 0 aliphatic rings. The van der Waals surface area contributed by atoms with Gasteiger partial charge in [0.15, 0.2) is 6.61 Å². The Hall–Kier alpha value is -3.35. The molecule has 0 radical (unpaired) electrons. The zero-order chi connectivity index (χ0) is 20.4. The number of aryl methyl sites for hydroxylation is 1. The van der Waals surface area contributed by atoms with Crippen molar-refractivity contribution in [2.75, 3.05) is 23.8 Å². The van der Waals surface area contributed by atoms with Crippen molar-refractivity contribution in [3.05, 3.63) is 54.1 Å². The fourth-order valence-electron chi connectivity index (χ4n) is 2.33. The summed E-state index contributed by atoms with van der Waals surface area (Å²) in [5.41, 5.74) is 2.25. The molecular weight excluding hydrogens is 360 g/mol. The number of benzene rings is 2. The number of para-hydroxylation sites is 2. The number of anilines is 2. The summed E-state index contributed by atoms with van der Waals surface area (Å²) in [6, 6.07) is 14.3. The molecule has 0 aliphatic heterocycles. The molecule has 0 aliphatic carbocycles. The first-order valence-corrected chi connectivity index (χ1v) is 9.01. The highest BCUT2D eigenvalue weighted by Gasteiger charge is 2.12. The molecule has 7 heteroatoms. The molecule has 2 amide bonds. The van der Waals surface area contributed by atoms with Crippen molar-refractivity contribution < 1.29 is 23.9 Å². The molecule has 0 saturated heterocycles. The van der Waals surface area contributed by atoms with Crippen molar-refractivity contribution in [2.24, 2.45) is 0 Å². The third-order valence-corrected chi connectivity index (χ3v) is 3.72. The Morgan fingerprint density at radius 2 is 1.61 bits per heavy atom. The number of carbonyl (C=O) groups is 3. The largest absolute Gasteiger partial charge is 0.492 e. The van der Waals surface area contributed by atoms with Gasteiger partial charge in [0.05, 0.1) is 18.7 Å². The van der Waals surface area contributed by atoms with Gasteiger partial charge >= 0.3 is 5.97 Å². The number of ether oxygens (including phenoxy) is 2. The lowest BCUT2D eigenvalue weighted by Gasteiger charge is -2.11. The maximum Gasteiger partial charge on any atom is 0.306 e. The van der Waals surface area contributed by atoms with E-state index in [2.05, 4.69) is 10.6 Å². The maximum atomic E-state index is 12.0. The van der Waals surface area contributed by atoms with Crippen LogP contribution < -0.4 is 15.4 Å². The third-order valence-electron chi connectivity index (χ3n) is 3.72. The van der Waals surface area contributed by atoms with Crippen LogP contribution in [-0.2, 0) is 19.1 Å². The SMILES string of the molecule is CCOc1ccccc1NC(=O)COC(=O)CCC(=O)Nc1ccc(C)cc1. The van der Waals surface area contributed by atoms with E-state index >= 15 is 0 Å². The molecule has 7 nitrogen and oxygen atoms in total. The average Bonchev–Trinajstić information content (AvgIpc) is 2.68. The van der Waals surface area contributed by atoms with Crippen molar-refractivity contribution in [2.45, 2.75) is 26.7 Å². The molecule has 0 unspecified atom stereocenters. The van der Waals surface area contributed by atoms with Crippen LogP contribution in [0, 0.1) is 6.92 Å². The van der Waals surface area contributed by atoms with E-state index in [4.69, 9.17) is 9.47 Å². The number of esters is 1. The monoisotopic (exact) mass is 384 g/mol. The summed E-state index contributed by atoms with van der Waals surface area (Å²) in [6.07, 6.45) is -0.137. The van der Waals surface area contributed by atoms with Crippen molar-refractivity contribution in [1.29, 1.82) is 0 Å². The third kappa shape index (κ3) is 7.11. The first-order chi connectivity index (χ1) is 13.5. The minimum atomic E-state index is -0.618. The summed E-state index contributed by atoms with van der Waals surface area (Å²) in [5, 5.41) is 5.33. The van der Waals surface area contributed by atoms with E-state index in [0.29, 0.717) is 23.7 Å². The van der Waals surface area contributed by atoms with Crippen LogP contribution in [-0.4, -0.2) is 31.0 Å². The summed E-state index contributed by atoms with van der Waals surface area (Å²) in [5.74, 6) is -0.856. The molecule has 148 valence electrons. The predicted octanol–water partition coefficient (Wildman–Crippen LogP) is 3.29. The summed E-state index contributed by atoms with van der Waals surface area (Å²) >= 11 is 0. The number of carbonyl (C=O) groups excluding carboxylic acids is 3. The molecule has 0 spiro atoms. The average molecular weight is 384 g/mol. The standard InChI is InChI=1S/C21H24N2O5/c1-3-27-18-7-5-4-6-17(18)23-20(25)14-28-21(26)13-12-19(24)22-16-10-8-15(2)9-11-16/h4-11H,3,12-14H2,1-2H3,(H,22,24)(H,23,25). The molecule has 2 N–H and O–H groups in total. The van der Waals surface area contributed by atoms with Gasteiger partial charge in [-0.1, -0.05) is 29.8 Å². The second-order valence-electron chi connectivity index (χ2n) is 6.05. The zero-order valence-corrected chi connectivity index (χ0v) is 16.0. The van der Waals surface area contributed by atoms with E-state index in [-0.39, 0.29) is 18.7 Å². The van der Waals surface area contributed by atoms with Crippen LogP contribution in [0.15, 0.2) is 48.5 Å². The van der Waals surface area contributed by atoms with E-state index < -0.39 is 18.5 Å². The minimum Gasteiger partial charge on any atom is -0.492 e. The smallest absolute Gasteiger partial charge is 0.306 e. The fourth-order valence-corrected chi connectivity index (χ4v) is 2.33. The summed E-state index contributed by atoms with van der Waals surface area (Å²) in [7, 11) is 0. The second kappa shape index (κ2) is 10.7. The van der Waals surface area contributed by atoms with Crippen LogP contribution in [0.5, 0.6) is 5.75 Å². The highest BCUT2D eigenvalue weighted by molar-refractivity contribution is 5.95. The van der Waals surface area contributed by atoms with Gasteiger partial charge < -0.3 is 20.1 Å². The van der Waals surface area contributed by atoms with Gasteiger partial charge in [-0.15, -0.1) is 0 Å². The minimum absolute atomic E-state index is 0.0263. The van der Waals surface area contributed by atoms with Gasteiger partial charge in [0.1, 0.15) is 5.75 Å². The summed E-state index contributed by atoms with van der Waals surface area (Å²) in [6.45, 7) is 3.83. The predicted molar refractivity (Wildman–Crippen MR) is 106 cm³/mol. The molecule has 0 saturated carbocycles. The molecule has 0 heterocycles. The van der Waals surface area contributed by atoms with Gasteiger partial charge in [-0.3, -0.25) is 14.4 Å². The quantitative estimate of drug-likeness (QED) is 0.647. The topological polar surface area (TPSA) is 93.7 Å². The van der Waals surface area contributed by atoms with Crippen LogP contribution >= 0.6 is 0 Å². The Bertz CT molecular complexity index is 818. The van der Waals surface area contributed by atoms with Gasteiger partial charge in [0.25, 0.3) is 5.91 Å². The number of rotatable bonds is 9. The van der Waals surface area contributed by atoms with Gasteiger partial charge in [-0.25, -0.2) is 0 Å². The molecule has 2 rings (SSSR count). The Labute approximate surface area is 164 Å². The van der Waals surface area contributed by atoms with Gasteiger partial charge in [-0.2, -0.15) is 0 Å². The molecule has 0 aromatic heterocycles.